The highest BCUT2D eigenvalue weighted by atomic mass is 127. The molecule has 3 fully saturated rings. The number of nitrogens with zero attached hydrogens (tertiary/aromatic N) is 5. The summed E-state index contributed by atoms with van der Waals surface area (Å²) in [6, 6.07) is 0.580. The van der Waals surface area contributed by atoms with Crippen molar-refractivity contribution >= 4 is 35.8 Å². The Labute approximate surface area is 200 Å². The van der Waals surface area contributed by atoms with E-state index in [1.54, 1.807) is 0 Å². The number of carbonyl (C=O) groups excluding carboxylic acids is 1. The lowest BCUT2D eigenvalue weighted by molar-refractivity contribution is -0.135. The monoisotopic (exact) mass is 534 g/mol. The maximum absolute atomic E-state index is 12.7. The van der Waals surface area contributed by atoms with Crippen molar-refractivity contribution in [1.29, 1.82) is 0 Å². The number of carbonyl (C=O) groups is 1. The molecule has 0 aromatic heterocycles. The fourth-order valence-electron chi connectivity index (χ4n) is 4.98. The minimum absolute atomic E-state index is 0. The Balaban J connectivity index is 0.00000320. The Morgan fingerprint density at radius 1 is 0.967 bits per heavy atom. The first-order chi connectivity index (χ1) is 14.1. The highest BCUT2D eigenvalue weighted by Gasteiger charge is 2.30. The summed E-state index contributed by atoms with van der Waals surface area (Å²) in [5.74, 6) is 1.36. The summed E-state index contributed by atoms with van der Waals surface area (Å²) in [6.45, 7) is 16.2. The predicted octanol–water partition coefficient (Wildman–Crippen LogP) is 2.07. The van der Waals surface area contributed by atoms with Gasteiger partial charge in [-0.05, 0) is 52.6 Å². The third kappa shape index (κ3) is 6.69. The zero-order chi connectivity index (χ0) is 20.6. The van der Waals surface area contributed by atoms with Crippen LogP contribution in [-0.2, 0) is 4.79 Å². The number of likely N-dealkylation sites (tertiary alicyclic amines) is 2. The van der Waals surface area contributed by atoms with Gasteiger partial charge in [0.25, 0.3) is 0 Å². The smallest absolute Gasteiger partial charge is 0.239 e. The van der Waals surface area contributed by atoms with Gasteiger partial charge in [0.2, 0.25) is 5.91 Å². The van der Waals surface area contributed by atoms with Gasteiger partial charge in [0.05, 0.1) is 12.6 Å². The van der Waals surface area contributed by atoms with E-state index in [1.165, 1.54) is 25.8 Å². The zero-order valence-electron chi connectivity index (χ0n) is 19.3. The molecule has 0 aromatic rings. The second kappa shape index (κ2) is 13.1. The van der Waals surface area contributed by atoms with E-state index < -0.39 is 0 Å². The molecule has 0 aliphatic carbocycles. The van der Waals surface area contributed by atoms with Crippen LogP contribution in [0.15, 0.2) is 4.99 Å². The molecular weight excluding hydrogens is 491 g/mol. The molecule has 30 heavy (non-hydrogen) atoms. The lowest BCUT2D eigenvalue weighted by atomic mass is 10.0. The minimum atomic E-state index is -0.00451. The van der Waals surface area contributed by atoms with E-state index in [9.17, 15) is 4.79 Å². The van der Waals surface area contributed by atoms with Crippen molar-refractivity contribution in [1.82, 2.24) is 24.9 Å². The van der Waals surface area contributed by atoms with Gasteiger partial charge in [-0.3, -0.25) is 19.6 Å². The Morgan fingerprint density at radius 3 is 2.27 bits per heavy atom. The fourth-order valence-corrected chi connectivity index (χ4v) is 4.98. The van der Waals surface area contributed by atoms with Gasteiger partial charge in [-0.25, -0.2) is 0 Å². The molecule has 0 spiro atoms. The lowest BCUT2D eigenvalue weighted by Crippen LogP contribution is -2.57. The van der Waals surface area contributed by atoms with Crippen molar-refractivity contribution in [2.75, 3.05) is 65.4 Å². The molecule has 3 aliphatic rings. The largest absolute Gasteiger partial charge is 0.357 e. The van der Waals surface area contributed by atoms with E-state index in [-0.39, 0.29) is 30.0 Å². The molecule has 1 amide bonds. The van der Waals surface area contributed by atoms with Crippen molar-refractivity contribution < 1.29 is 4.79 Å². The molecule has 0 saturated carbocycles. The van der Waals surface area contributed by atoms with Gasteiger partial charge in [-0.2, -0.15) is 0 Å². The van der Waals surface area contributed by atoms with Gasteiger partial charge < -0.3 is 15.1 Å². The summed E-state index contributed by atoms with van der Waals surface area (Å²) in [7, 11) is 0. The van der Waals surface area contributed by atoms with E-state index in [4.69, 9.17) is 4.99 Å². The standard InChI is InChI=1S/C22H42N6O.HI/c1-4-23-22(24-18-20-10-6-7-11-25(20)5-2)28-16-14-26(15-17-28)19(3)21(29)27-12-8-9-13-27;/h19-20H,4-18H2,1-3H3,(H,23,24);1H. The van der Waals surface area contributed by atoms with Crippen molar-refractivity contribution in [3.63, 3.8) is 0 Å². The summed E-state index contributed by atoms with van der Waals surface area (Å²) in [5.41, 5.74) is 0. The highest BCUT2D eigenvalue weighted by molar-refractivity contribution is 14.0. The first-order valence-electron chi connectivity index (χ1n) is 11.9. The molecule has 2 atom stereocenters. The van der Waals surface area contributed by atoms with Gasteiger partial charge >= 0.3 is 0 Å². The predicted molar refractivity (Wildman–Crippen MR) is 135 cm³/mol. The summed E-state index contributed by atoms with van der Waals surface area (Å²) >= 11 is 0. The molecule has 174 valence electrons. The third-order valence-corrected chi connectivity index (χ3v) is 6.88. The Morgan fingerprint density at radius 2 is 1.63 bits per heavy atom. The number of guanidine groups is 1. The topological polar surface area (TPSA) is 54.4 Å². The number of piperidine rings is 1. The van der Waals surface area contributed by atoms with E-state index in [2.05, 4.69) is 40.8 Å². The molecule has 7 nitrogen and oxygen atoms in total. The van der Waals surface area contributed by atoms with Crippen LogP contribution in [-0.4, -0.2) is 109 Å². The van der Waals surface area contributed by atoms with Crippen molar-refractivity contribution in [3.8, 4) is 0 Å². The number of aliphatic imine (C=N–C) groups is 1. The maximum atomic E-state index is 12.7. The highest BCUT2D eigenvalue weighted by Crippen LogP contribution is 2.17. The van der Waals surface area contributed by atoms with Crippen LogP contribution in [0, 0.1) is 0 Å². The molecule has 3 heterocycles. The number of rotatable bonds is 6. The average Bonchev–Trinajstić information content (AvgIpc) is 3.31. The number of piperazine rings is 1. The van der Waals surface area contributed by atoms with Crippen LogP contribution in [0.2, 0.25) is 0 Å². The van der Waals surface area contributed by atoms with Crippen LogP contribution >= 0.6 is 24.0 Å². The normalized spacial score (nSPS) is 25.2. The van der Waals surface area contributed by atoms with Gasteiger partial charge in [0, 0.05) is 51.9 Å². The molecule has 0 bridgehead atoms. The Kier molecular flexibility index (Phi) is 11.2. The van der Waals surface area contributed by atoms with Crippen LogP contribution in [0.25, 0.3) is 0 Å². The fraction of sp³-hybridized carbons (Fsp3) is 0.909. The molecule has 0 radical (unpaired) electrons. The van der Waals surface area contributed by atoms with Crippen molar-refractivity contribution in [2.24, 2.45) is 4.99 Å². The molecule has 3 saturated heterocycles. The van der Waals surface area contributed by atoms with E-state index >= 15 is 0 Å². The number of likely N-dealkylation sites (N-methyl/N-ethyl adjacent to an activating group) is 1. The van der Waals surface area contributed by atoms with E-state index in [0.717, 1.165) is 77.7 Å². The van der Waals surface area contributed by atoms with Crippen LogP contribution in [0.1, 0.15) is 52.9 Å². The first kappa shape index (κ1) is 25.6. The second-order valence-electron chi connectivity index (χ2n) is 8.70. The van der Waals surface area contributed by atoms with E-state index in [1.807, 2.05) is 4.90 Å². The average molecular weight is 535 g/mol. The van der Waals surface area contributed by atoms with Crippen LogP contribution in [0.5, 0.6) is 0 Å². The molecule has 8 heteroatoms. The Bertz CT molecular complexity index is 546. The van der Waals surface area contributed by atoms with Crippen LogP contribution in [0.4, 0.5) is 0 Å². The third-order valence-electron chi connectivity index (χ3n) is 6.88. The Hall–Kier alpha value is -0.610. The number of halogens is 1. The van der Waals surface area contributed by atoms with Crippen LogP contribution in [0.3, 0.4) is 0 Å². The SMILES string of the molecule is CCNC(=NCC1CCCCN1CC)N1CCN(C(C)C(=O)N2CCCC2)CC1.I. The van der Waals surface area contributed by atoms with Crippen molar-refractivity contribution in [3.05, 3.63) is 0 Å². The number of hydrogen-bond donors (Lipinski definition) is 1. The van der Waals surface area contributed by atoms with Crippen LogP contribution < -0.4 is 5.32 Å². The van der Waals surface area contributed by atoms with Gasteiger partial charge in [0.15, 0.2) is 5.96 Å². The summed E-state index contributed by atoms with van der Waals surface area (Å²) in [4.78, 5) is 27.1. The molecule has 2 unspecified atom stereocenters. The van der Waals surface area contributed by atoms with Gasteiger partial charge in [-0.15, -0.1) is 24.0 Å². The van der Waals surface area contributed by atoms with Gasteiger partial charge in [0.1, 0.15) is 0 Å². The lowest BCUT2D eigenvalue weighted by Gasteiger charge is -2.40. The molecular formula is C22H43IN6O. The number of amides is 1. The molecule has 3 aliphatic heterocycles. The quantitative estimate of drug-likeness (QED) is 0.322. The molecule has 1 N–H and O–H groups in total. The van der Waals surface area contributed by atoms with Crippen molar-refractivity contribution in [2.45, 2.75) is 65.0 Å². The summed E-state index contributed by atoms with van der Waals surface area (Å²) in [6.07, 6.45) is 6.23. The first-order valence-corrected chi connectivity index (χ1v) is 11.9. The number of nitrogens with one attached hydrogen (secondary N) is 1. The minimum Gasteiger partial charge on any atom is -0.357 e. The summed E-state index contributed by atoms with van der Waals surface area (Å²) < 4.78 is 0. The van der Waals surface area contributed by atoms with E-state index in [0.29, 0.717) is 11.9 Å². The number of hydrogen-bond acceptors (Lipinski definition) is 4. The molecule has 3 rings (SSSR count). The zero-order valence-corrected chi connectivity index (χ0v) is 21.6. The van der Waals surface area contributed by atoms with Gasteiger partial charge in [-0.1, -0.05) is 13.3 Å². The second-order valence-corrected chi connectivity index (χ2v) is 8.70. The maximum Gasteiger partial charge on any atom is 0.239 e. The molecule has 0 aromatic carbocycles. The summed E-state index contributed by atoms with van der Waals surface area (Å²) in [5, 5.41) is 3.50.